The average molecular weight is 1510 g/mol. The van der Waals surface area contributed by atoms with Gasteiger partial charge in [-0.3, -0.25) is 0 Å². The molecule has 0 radical (unpaired) electrons. The third-order valence-electron chi connectivity index (χ3n) is 12.2. The van der Waals surface area contributed by atoms with E-state index >= 15 is 0 Å². The van der Waals surface area contributed by atoms with Gasteiger partial charge in [-0.15, -0.1) is 138 Å². The van der Waals surface area contributed by atoms with Crippen molar-refractivity contribution >= 4 is 118 Å². The Kier molecular flexibility index (Phi) is 26.9. The fraction of sp³-hybridized carbons (Fsp3) is 0.118. The molecule has 0 spiro atoms. The molecule has 12 aromatic rings. The van der Waals surface area contributed by atoms with E-state index in [4.69, 9.17) is 0 Å². The molecular weight excluding hydrogens is 1450 g/mol. The summed E-state index contributed by atoms with van der Waals surface area (Å²) in [4.78, 5) is 0. The third-order valence-corrected chi connectivity index (χ3v) is 14.3. The molecule has 0 aliphatic heterocycles. The number of fused-ring (bicyclic) bond motifs is 4. The topological polar surface area (TPSA) is 0 Å². The van der Waals surface area contributed by atoms with Gasteiger partial charge in [-0.1, -0.05) is 186 Å². The molecule has 0 amide bonds. The molecule has 0 aliphatic rings. The zero-order valence-corrected chi connectivity index (χ0v) is 59.8. The SMILES string of the molecule is C[Si](C)=[Zr+2].C[Si](C)=[Zr+2].Cc1cc2c(-c3ccc(Br)cc3)cccc2[cH-]1.Cc1cc2c(-c3ccc(Br)cc3)cccc2[cH-]1.Cc1cc2c(-c3ccc(Br)cc3)cccc2[cH-]1.Cc1cc2c(-c3ccc(Br)cc3)cccc2[cH-]1.[Cl-].[Cl-]. The van der Waals surface area contributed by atoms with Gasteiger partial charge in [-0.2, -0.15) is 24.3 Å². The van der Waals surface area contributed by atoms with Crippen LogP contribution in [0.25, 0.3) is 87.6 Å². The van der Waals surface area contributed by atoms with Crippen molar-refractivity contribution < 1.29 is 71.5 Å². The van der Waals surface area contributed by atoms with E-state index in [9.17, 15) is 0 Å². The minimum Gasteiger partial charge on any atom is -1.00 e. The number of benzene rings is 8. The molecule has 0 fully saturated rings. The summed E-state index contributed by atoms with van der Waals surface area (Å²) in [7, 11) is 0. The van der Waals surface area contributed by atoms with Crippen LogP contribution in [0.5, 0.6) is 0 Å². The van der Waals surface area contributed by atoms with Gasteiger partial charge in [0, 0.05) is 17.9 Å². The second-order valence-corrected chi connectivity index (χ2v) is 41.8. The Labute approximate surface area is 539 Å². The maximum absolute atomic E-state index is 3.47. The van der Waals surface area contributed by atoms with Gasteiger partial charge < -0.3 is 24.8 Å². The Morgan fingerprint density at radius 3 is 0.628 bits per heavy atom. The van der Waals surface area contributed by atoms with E-state index in [-0.39, 0.29) is 35.7 Å². The van der Waals surface area contributed by atoms with Crippen LogP contribution in [0.2, 0.25) is 26.2 Å². The van der Waals surface area contributed by atoms with Crippen LogP contribution in [-0.4, -0.2) is 10.9 Å². The molecule has 0 N–H and O–H groups in total. The maximum Gasteiger partial charge on any atom is 0.0175 e. The fourth-order valence-electron chi connectivity index (χ4n) is 9.06. The fourth-order valence-corrected chi connectivity index (χ4v) is 10.1. The predicted molar refractivity (Wildman–Crippen MR) is 345 cm³/mol. The van der Waals surface area contributed by atoms with Crippen LogP contribution in [0, 0.1) is 27.7 Å². The summed E-state index contributed by atoms with van der Waals surface area (Å²) < 4.78 is 4.47. The quantitative estimate of drug-likeness (QED) is 0.122. The van der Waals surface area contributed by atoms with Crippen LogP contribution in [0.15, 0.2) is 236 Å². The van der Waals surface area contributed by atoms with E-state index in [2.05, 4.69) is 336 Å². The van der Waals surface area contributed by atoms with Crippen molar-refractivity contribution in [1.29, 1.82) is 0 Å². The Bertz CT molecular complexity index is 3360. The molecule has 0 atom stereocenters. The van der Waals surface area contributed by atoms with Gasteiger partial charge in [0.1, 0.15) is 0 Å². The molecule has 0 aliphatic carbocycles. The molecule has 0 aromatic heterocycles. The number of halogens is 6. The largest absolute Gasteiger partial charge is 1.00 e. The smallest absolute Gasteiger partial charge is 0.0175 e. The van der Waals surface area contributed by atoms with Gasteiger partial charge in [0.15, 0.2) is 0 Å². The van der Waals surface area contributed by atoms with Gasteiger partial charge in [0.05, 0.1) is 0 Å². The third kappa shape index (κ3) is 19.0. The van der Waals surface area contributed by atoms with Crippen LogP contribution in [0.1, 0.15) is 22.3 Å². The second-order valence-electron chi connectivity index (χ2n) is 19.4. The van der Waals surface area contributed by atoms with Crippen LogP contribution in [0.4, 0.5) is 0 Å². The summed E-state index contributed by atoms with van der Waals surface area (Å²) in [5, 5.41) is 10.6. The molecule has 0 unspecified atom stereocenters. The summed E-state index contributed by atoms with van der Waals surface area (Å²) >= 11 is 17.4. The Morgan fingerprint density at radius 1 is 0.295 bits per heavy atom. The van der Waals surface area contributed by atoms with E-state index in [0.717, 1.165) is 17.9 Å². The van der Waals surface area contributed by atoms with Crippen molar-refractivity contribution in [2.45, 2.75) is 53.9 Å². The minimum absolute atomic E-state index is 0. The molecule has 392 valence electrons. The Balaban J connectivity index is 0.000000181. The van der Waals surface area contributed by atoms with Crippen molar-refractivity contribution in [2.75, 3.05) is 0 Å². The predicted octanol–water partition coefficient (Wildman–Crippen LogP) is 16.8. The first-order valence-corrected chi connectivity index (χ1v) is 40.7. The van der Waals surface area contributed by atoms with Crippen molar-refractivity contribution in [2.24, 2.45) is 0 Å². The van der Waals surface area contributed by atoms with E-state index in [1.165, 1.54) is 110 Å². The molecule has 0 saturated carbocycles. The molecular formula is C68H60Br4Cl2Si2Zr2-2. The van der Waals surface area contributed by atoms with E-state index in [0.29, 0.717) is 0 Å². The van der Waals surface area contributed by atoms with Crippen LogP contribution < -0.4 is 24.8 Å². The first kappa shape index (κ1) is 65.7. The summed E-state index contributed by atoms with van der Waals surface area (Å²) in [5.41, 5.74) is 16.0. The zero-order valence-electron chi connectivity index (χ0n) is 45.1. The van der Waals surface area contributed by atoms with Crippen LogP contribution >= 0.6 is 63.7 Å². The molecule has 0 nitrogen and oxygen atoms in total. The number of hydrogen-bond donors (Lipinski definition) is 0. The Hall–Kier alpha value is -3.10. The average Bonchev–Trinajstić information content (AvgIpc) is 4.20. The summed E-state index contributed by atoms with van der Waals surface area (Å²) in [6.45, 7) is 17.8. The monoisotopic (exact) mass is 1500 g/mol. The van der Waals surface area contributed by atoms with E-state index in [1.807, 2.05) is 0 Å². The molecule has 12 rings (SSSR count). The second kappa shape index (κ2) is 31.9. The van der Waals surface area contributed by atoms with Gasteiger partial charge >= 0.3 is 83.7 Å². The molecule has 0 heterocycles. The summed E-state index contributed by atoms with van der Waals surface area (Å²) in [5.74, 6) is 0. The van der Waals surface area contributed by atoms with Crippen molar-refractivity contribution in [3.05, 3.63) is 259 Å². The standard InChI is InChI=1S/4C16H12Br.2C2H6Si.2ClH.2Zr/c4*1-11-9-13-3-2-4-15(16(13)10-11)12-5-7-14(17)8-6-12;2*1-3-2;;;;/h4*2-10H,1H3;2*1-2H3;2*1H;;/q4*-1;;;;;2*+2/p-2. The normalized spacial score (nSPS) is 10.3. The molecule has 0 saturated heterocycles. The first-order valence-electron chi connectivity index (χ1n) is 25.1. The number of hydrogen-bond acceptors (Lipinski definition) is 0. The maximum atomic E-state index is 3.47. The van der Waals surface area contributed by atoms with Gasteiger partial charge in [-0.25, -0.2) is 0 Å². The van der Waals surface area contributed by atoms with Crippen molar-refractivity contribution in [3.63, 3.8) is 0 Å². The molecule has 78 heavy (non-hydrogen) atoms. The molecule has 0 bridgehead atoms. The van der Waals surface area contributed by atoms with Gasteiger partial charge in [-0.05, 0) is 70.8 Å². The number of aryl methyl sites for hydroxylation is 4. The Morgan fingerprint density at radius 2 is 0.462 bits per heavy atom. The summed E-state index contributed by atoms with van der Waals surface area (Å²) in [6.07, 6.45) is 0. The van der Waals surface area contributed by atoms with E-state index in [1.54, 1.807) is 46.7 Å². The summed E-state index contributed by atoms with van der Waals surface area (Å²) in [6, 6.07) is 77.8. The van der Waals surface area contributed by atoms with Gasteiger partial charge in [0.25, 0.3) is 0 Å². The van der Waals surface area contributed by atoms with E-state index < -0.39 is 0 Å². The van der Waals surface area contributed by atoms with Crippen molar-refractivity contribution in [1.82, 2.24) is 0 Å². The minimum atomic E-state index is 0. The van der Waals surface area contributed by atoms with Gasteiger partial charge in [0.2, 0.25) is 0 Å². The van der Waals surface area contributed by atoms with Crippen molar-refractivity contribution in [3.8, 4) is 44.5 Å². The molecule has 10 heteroatoms. The van der Waals surface area contributed by atoms with Crippen LogP contribution in [-0.2, 0) is 46.7 Å². The zero-order chi connectivity index (χ0) is 54.5. The number of rotatable bonds is 4. The molecule has 12 aromatic carbocycles. The first-order chi connectivity index (χ1) is 36.4. The van der Waals surface area contributed by atoms with Crippen LogP contribution in [0.3, 0.4) is 0 Å².